The first-order valence-electron chi connectivity index (χ1n) is 12.9. The van der Waals surface area contributed by atoms with Crippen LogP contribution in [0.15, 0.2) is 84.9 Å². The van der Waals surface area contributed by atoms with Gasteiger partial charge in [-0.05, 0) is 47.6 Å². The monoisotopic (exact) mass is 512 g/mol. The molecular weight excluding hydrogens is 476 g/mol. The third kappa shape index (κ3) is 7.25. The van der Waals surface area contributed by atoms with E-state index in [4.69, 9.17) is 4.74 Å². The zero-order valence-electron chi connectivity index (χ0n) is 22.7. The first kappa shape index (κ1) is 28.5. The highest BCUT2D eigenvalue weighted by atomic mass is 16.5. The van der Waals surface area contributed by atoms with Crippen molar-refractivity contribution in [3.63, 3.8) is 0 Å². The number of esters is 1. The van der Waals surface area contributed by atoms with Crippen LogP contribution in [0.1, 0.15) is 60.8 Å². The van der Waals surface area contributed by atoms with Crippen LogP contribution in [0.5, 0.6) is 0 Å². The molecule has 0 bridgehead atoms. The number of rotatable bonds is 11. The van der Waals surface area contributed by atoms with Crippen LogP contribution in [0.4, 0.5) is 0 Å². The third-order valence-electron chi connectivity index (χ3n) is 6.40. The second-order valence-corrected chi connectivity index (χ2v) is 10.0. The lowest BCUT2D eigenvalue weighted by atomic mass is 9.94. The van der Waals surface area contributed by atoms with E-state index in [9.17, 15) is 15.1 Å². The van der Waals surface area contributed by atoms with Crippen LogP contribution in [0.3, 0.4) is 0 Å². The van der Waals surface area contributed by atoms with E-state index in [0.29, 0.717) is 11.1 Å². The van der Waals surface area contributed by atoms with Crippen molar-refractivity contribution in [1.29, 1.82) is 0 Å². The van der Waals surface area contributed by atoms with E-state index < -0.39 is 12.0 Å². The lowest BCUT2D eigenvalue weighted by molar-refractivity contribution is -0.151. The summed E-state index contributed by atoms with van der Waals surface area (Å²) in [6, 6.07) is 25.0. The Hall–Kier alpha value is -4.06. The summed E-state index contributed by atoms with van der Waals surface area (Å²) in [7, 11) is 0. The van der Waals surface area contributed by atoms with Gasteiger partial charge < -0.3 is 10.3 Å². The first-order chi connectivity index (χ1) is 18.2. The van der Waals surface area contributed by atoms with Crippen LogP contribution >= 0.6 is 0 Å². The molecule has 0 unspecified atom stereocenters. The minimum atomic E-state index is -0.929. The molecule has 1 atom stereocenters. The maximum absolute atomic E-state index is 13.6. The molecule has 3 aromatic rings. The molecule has 1 amide bonds. The van der Waals surface area contributed by atoms with Gasteiger partial charge in [0.2, 0.25) is 0 Å². The Labute approximate surface area is 225 Å². The number of amides is 1. The number of carbonyl (C=O) groups excluding carboxylic acids is 2. The van der Waals surface area contributed by atoms with Gasteiger partial charge in [0.05, 0.1) is 0 Å². The molecule has 0 aliphatic heterocycles. The molecule has 7 nitrogen and oxygen atoms in total. The van der Waals surface area contributed by atoms with Crippen LogP contribution in [-0.2, 0) is 16.1 Å². The highest BCUT2D eigenvalue weighted by molar-refractivity contribution is 6.36. The summed E-state index contributed by atoms with van der Waals surface area (Å²) in [6.07, 6.45) is -0.377. The quantitative estimate of drug-likeness (QED) is 0.116. The standard InChI is InChI=1S/C31H36N4O3/c1-21(2)29(22(3)4)38-31(37)27(33-32)28(26-19-13-12-14-23(26)5)35(20-24-15-8-6-9-16-24)34-30(36)25-17-10-7-11-18-25/h6-19,21-22,28-29H,20H2,1-5H3,(H,34,36)/t28-/m1/s1. The Morgan fingerprint density at radius 2 is 1.42 bits per heavy atom. The van der Waals surface area contributed by atoms with E-state index in [1.165, 1.54) is 0 Å². The smallest absolute Gasteiger partial charge is 0.419 e. The van der Waals surface area contributed by atoms with Crippen molar-refractivity contribution >= 4 is 17.6 Å². The summed E-state index contributed by atoms with van der Waals surface area (Å²) in [5, 5.41) is 1.63. The summed E-state index contributed by atoms with van der Waals surface area (Å²) < 4.78 is 5.89. The van der Waals surface area contributed by atoms with Gasteiger partial charge in [0.25, 0.3) is 5.91 Å². The average Bonchev–Trinajstić information content (AvgIpc) is 2.91. The average molecular weight is 513 g/mol. The van der Waals surface area contributed by atoms with E-state index in [2.05, 4.69) is 10.2 Å². The van der Waals surface area contributed by atoms with Crippen molar-refractivity contribution in [2.45, 2.75) is 53.3 Å². The van der Waals surface area contributed by atoms with Gasteiger partial charge in [0, 0.05) is 12.1 Å². The van der Waals surface area contributed by atoms with E-state index in [0.717, 1.165) is 11.1 Å². The number of hydrogen-bond acceptors (Lipinski definition) is 4. The maximum Gasteiger partial charge on any atom is 0.419 e. The second kappa shape index (κ2) is 13.5. The van der Waals surface area contributed by atoms with Gasteiger partial charge in [-0.2, -0.15) is 9.80 Å². The molecule has 0 radical (unpaired) electrons. The summed E-state index contributed by atoms with van der Waals surface area (Å²) in [6.45, 7) is 10.1. The number of aryl methyl sites for hydroxylation is 1. The summed E-state index contributed by atoms with van der Waals surface area (Å²) in [5.41, 5.74) is 15.9. The van der Waals surface area contributed by atoms with Crippen molar-refractivity contribution < 1.29 is 19.1 Å². The van der Waals surface area contributed by atoms with Crippen LogP contribution in [0.2, 0.25) is 0 Å². The van der Waals surface area contributed by atoms with Crippen LogP contribution < -0.4 is 5.43 Å². The number of nitrogens with one attached hydrogen (secondary N) is 1. The molecule has 198 valence electrons. The Balaban J connectivity index is 2.11. The number of nitrogens with zero attached hydrogens (tertiary/aromatic N) is 3. The van der Waals surface area contributed by atoms with Gasteiger partial charge in [0.1, 0.15) is 6.10 Å². The van der Waals surface area contributed by atoms with Crippen LogP contribution in [-0.4, -0.2) is 33.5 Å². The van der Waals surface area contributed by atoms with Crippen molar-refractivity contribution in [1.82, 2.24) is 10.4 Å². The molecule has 1 N–H and O–H groups in total. The lowest BCUT2D eigenvalue weighted by Gasteiger charge is -2.31. The molecule has 38 heavy (non-hydrogen) atoms. The zero-order chi connectivity index (χ0) is 27.7. The number of benzene rings is 3. The lowest BCUT2D eigenvalue weighted by Crippen LogP contribution is -2.49. The number of ether oxygens (including phenoxy) is 1. The van der Waals surface area contributed by atoms with Crippen molar-refractivity contribution in [2.75, 3.05) is 0 Å². The Kier molecular flexibility index (Phi) is 10.1. The highest BCUT2D eigenvalue weighted by Crippen LogP contribution is 2.27. The van der Waals surface area contributed by atoms with Crippen LogP contribution in [0.25, 0.3) is 5.53 Å². The molecule has 0 fully saturated rings. The van der Waals surface area contributed by atoms with Crippen molar-refractivity contribution in [2.24, 2.45) is 11.8 Å². The molecule has 3 rings (SSSR count). The van der Waals surface area contributed by atoms with Crippen molar-refractivity contribution in [3.8, 4) is 0 Å². The van der Waals surface area contributed by atoms with Gasteiger partial charge in [0.15, 0.2) is 6.04 Å². The van der Waals surface area contributed by atoms with E-state index >= 15 is 0 Å². The third-order valence-corrected chi connectivity index (χ3v) is 6.40. The fourth-order valence-corrected chi connectivity index (χ4v) is 4.55. The van der Waals surface area contributed by atoms with E-state index in [1.54, 1.807) is 29.3 Å². The molecule has 0 heterocycles. The predicted molar refractivity (Wildman–Crippen MR) is 148 cm³/mol. The molecule has 0 aliphatic rings. The SMILES string of the molecule is Cc1ccccc1[C@H](C(=[N+]=[N-])C(=O)OC(C(C)C)C(C)C)N(Cc1ccccc1)NC(=O)c1ccccc1. The summed E-state index contributed by atoms with van der Waals surface area (Å²) in [5.74, 6) is -0.962. The molecular formula is C31H36N4O3. The van der Waals surface area contributed by atoms with Gasteiger partial charge in [-0.25, -0.2) is 4.79 Å². The molecule has 0 saturated carbocycles. The van der Waals surface area contributed by atoms with Crippen LogP contribution in [0, 0.1) is 18.8 Å². The minimum absolute atomic E-state index is 0.0639. The van der Waals surface area contributed by atoms with Crippen molar-refractivity contribution in [3.05, 3.63) is 113 Å². The predicted octanol–water partition coefficient (Wildman–Crippen LogP) is 5.78. The molecule has 7 heteroatoms. The summed E-state index contributed by atoms with van der Waals surface area (Å²) >= 11 is 0. The Bertz CT molecular complexity index is 1260. The Morgan fingerprint density at radius 1 is 0.868 bits per heavy atom. The van der Waals surface area contributed by atoms with Gasteiger partial charge >= 0.3 is 11.7 Å². The molecule has 0 saturated heterocycles. The fourth-order valence-electron chi connectivity index (χ4n) is 4.55. The van der Waals surface area contributed by atoms with E-state index in [1.807, 2.05) is 95.3 Å². The van der Waals surface area contributed by atoms with Gasteiger partial charge in [-0.3, -0.25) is 10.2 Å². The molecule has 3 aromatic carbocycles. The molecule has 0 aliphatic carbocycles. The molecule has 0 spiro atoms. The normalized spacial score (nSPS) is 11.9. The first-order valence-corrected chi connectivity index (χ1v) is 12.9. The topological polar surface area (TPSA) is 95.0 Å². The van der Waals surface area contributed by atoms with Gasteiger partial charge in [-0.15, -0.1) is 0 Å². The maximum atomic E-state index is 13.6. The summed E-state index contributed by atoms with van der Waals surface area (Å²) in [4.78, 5) is 30.4. The highest BCUT2D eigenvalue weighted by Gasteiger charge is 2.42. The number of hydrogen-bond donors (Lipinski definition) is 1. The molecule has 0 aromatic heterocycles. The van der Waals surface area contributed by atoms with Gasteiger partial charge in [-0.1, -0.05) is 100 Å². The minimum Gasteiger partial charge on any atom is -0.453 e. The number of hydrazine groups is 1. The largest absolute Gasteiger partial charge is 0.453 e. The Morgan fingerprint density at radius 3 is 1.97 bits per heavy atom. The zero-order valence-corrected chi connectivity index (χ0v) is 22.7. The fraction of sp³-hybridized carbons (Fsp3) is 0.323. The second-order valence-electron chi connectivity index (χ2n) is 10.0. The number of carbonyl (C=O) groups is 2. The van der Waals surface area contributed by atoms with E-state index in [-0.39, 0.29) is 36.1 Å².